The summed E-state index contributed by atoms with van der Waals surface area (Å²) >= 11 is 0. The maximum atomic E-state index is 12.5. The van der Waals surface area contributed by atoms with Crippen molar-refractivity contribution < 1.29 is 9.53 Å². The average molecular weight is 356 g/mol. The summed E-state index contributed by atoms with van der Waals surface area (Å²) in [6.07, 6.45) is 0. The number of nitrogens with zero attached hydrogens (tertiary/aromatic N) is 4. The molecule has 1 fully saturated rings. The van der Waals surface area contributed by atoms with Gasteiger partial charge in [0.2, 0.25) is 0 Å². The summed E-state index contributed by atoms with van der Waals surface area (Å²) in [6.45, 7) is 10.3. The number of carbonyl (C=O) groups is 1. The lowest BCUT2D eigenvalue weighted by Gasteiger charge is -2.35. The third kappa shape index (κ3) is 4.07. The molecule has 1 aromatic heterocycles. The smallest absolute Gasteiger partial charge is 0.260 e. The molecule has 1 aliphatic heterocycles. The van der Waals surface area contributed by atoms with Gasteiger partial charge in [0.1, 0.15) is 5.69 Å². The third-order valence-electron chi connectivity index (χ3n) is 5.16. The highest BCUT2D eigenvalue weighted by molar-refractivity contribution is 5.78. The zero-order valence-corrected chi connectivity index (χ0v) is 16.2. The maximum Gasteiger partial charge on any atom is 0.260 e. The molecule has 0 unspecified atom stereocenters. The van der Waals surface area contributed by atoms with Crippen LogP contribution >= 0.6 is 0 Å². The van der Waals surface area contributed by atoms with Crippen molar-refractivity contribution in [1.29, 1.82) is 0 Å². The van der Waals surface area contributed by atoms with E-state index in [0.717, 1.165) is 49.9 Å². The van der Waals surface area contributed by atoms with Crippen molar-refractivity contribution in [2.75, 3.05) is 32.8 Å². The molecule has 0 spiro atoms. The van der Waals surface area contributed by atoms with Gasteiger partial charge in [-0.3, -0.25) is 14.4 Å². The Balaban J connectivity index is 1.48. The molecule has 1 aliphatic rings. The molecule has 3 rings (SSSR count). The van der Waals surface area contributed by atoms with Gasteiger partial charge in [-0.1, -0.05) is 24.3 Å². The van der Waals surface area contributed by atoms with Crippen molar-refractivity contribution in [2.24, 2.45) is 7.05 Å². The van der Waals surface area contributed by atoms with Crippen LogP contribution in [0.4, 0.5) is 0 Å². The number of aromatic nitrogens is 2. The maximum absolute atomic E-state index is 12.5. The predicted octanol–water partition coefficient (Wildman–Crippen LogP) is 2.07. The minimum absolute atomic E-state index is 0.0446. The lowest BCUT2D eigenvalue weighted by Crippen LogP contribution is -2.49. The topological polar surface area (TPSA) is 50.6 Å². The zero-order valence-electron chi connectivity index (χ0n) is 16.2. The molecule has 6 nitrogen and oxygen atoms in total. The molecule has 0 saturated carbocycles. The number of carbonyl (C=O) groups excluding carboxylic acids is 1. The summed E-state index contributed by atoms with van der Waals surface area (Å²) < 4.78 is 7.53. The van der Waals surface area contributed by atoms with E-state index in [-0.39, 0.29) is 12.5 Å². The van der Waals surface area contributed by atoms with Gasteiger partial charge in [-0.25, -0.2) is 0 Å². The molecule has 1 aromatic carbocycles. The van der Waals surface area contributed by atoms with E-state index in [1.165, 1.54) is 11.1 Å². The Morgan fingerprint density at radius 2 is 1.81 bits per heavy atom. The van der Waals surface area contributed by atoms with E-state index < -0.39 is 0 Å². The summed E-state index contributed by atoms with van der Waals surface area (Å²) in [6, 6.07) is 8.48. The van der Waals surface area contributed by atoms with Crippen LogP contribution < -0.4 is 4.74 Å². The van der Waals surface area contributed by atoms with Gasteiger partial charge in [-0.05, 0) is 31.9 Å². The molecule has 2 aromatic rings. The van der Waals surface area contributed by atoms with Crippen molar-refractivity contribution in [3.05, 3.63) is 46.8 Å². The molecule has 0 radical (unpaired) electrons. The Labute approximate surface area is 155 Å². The Kier molecular flexibility index (Phi) is 5.61. The lowest BCUT2D eigenvalue weighted by atomic mass is 10.1. The molecule has 1 saturated heterocycles. The fourth-order valence-corrected chi connectivity index (χ4v) is 3.37. The number of aryl methyl sites for hydroxylation is 3. The van der Waals surface area contributed by atoms with Gasteiger partial charge in [-0.2, -0.15) is 5.10 Å². The van der Waals surface area contributed by atoms with Crippen molar-refractivity contribution in [3.8, 4) is 5.75 Å². The molecular weight excluding hydrogens is 328 g/mol. The van der Waals surface area contributed by atoms with E-state index in [0.29, 0.717) is 0 Å². The van der Waals surface area contributed by atoms with E-state index >= 15 is 0 Å². The van der Waals surface area contributed by atoms with E-state index in [4.69, 9.17) is 4.74 Å². The van der Waals surface area contributed by atoms with Crippen LogP contribution in [0.5, 0.6) is 5.75 Å². The van der Waals surface area contributed by atoms with Crippen LogP contribution in [0.25, 0.3) is 0 Å². The molecular formula is C20H28N4O2. The number of ether oxygens (including phenoxy) is 1. The van der Waals surface area contributed by atoms with Crippen LogP contribution in [0.1, 0.15) is 22.5 Å². The highest BCUT2D eigenvalue weighted by Crippen LogP contribution is 2.21. The molecule has 6 heteroatoms. The van der Waals surface area contributed by atoms with Crippen molar-refractivity contribution in [2.45, 2.75) is 27.3 Å². The Morgan fingerprint density at radius 3 is 2.42 bits per heavy atom. The number of piperazine rings is 1. The second kappa shape index (κ2) is 7.91. The van der Waals surface area contributed by atoms with Crippen LogP contribution in [0.15, 0.2) is 24.3 Å². The number of hydrogen-bond acceptors (Lipinski definition) is 4. The first-order valence-electron chi connectivity index (χ1n) is 9.13. The van der Waals surface area contributed by atoms with Gasteiger partial charge >= 0.3 is 0 Å². The SMILES string of the molecule is Cc1ccccc1CN1CCN(C(=O)COc2c(C)nn(C)c2C)CC1. The summed E-state index contributed by atoms with van der Waals surface area (Å²) in [5.74, 6) is 0.766. The van der Waals surface area contributed by atoms with Gasteiger partial charge in [-0.15, -0.1) is 0 Å². The second-order valence-corrected chi connectivity index (χ2v) is 7.00. The number of rotatable bonds is 5. The quantitative estimate of drug-likeness (QED) is 0.823. The highest BCUT2D eigenvalue weighted by atomic mass is 16.5. The fourth-order valence-electron chi connectivity index (χ4n) is 3.37. The molecule has 26 heavy (non-hydrogen) atoms. The summed E-state index contributed by atoms with van der Waals surface area (Å²) in [4.78, 5) is 16.8. The normalized spacial score (nSPS) is 15.3. The number of hydrogen-bond donors (Lipinski definition) is 0. The molecule has 1 amide bonds. The Morgan fingerprint density at radius 1 is 1.12 bits per heavy atom. The number of benzene rings is 1. The summed E-state index contributed by atoms with van der Waals surface area (Å²) in [7, 11) is 1.88. The van der Waals surface area contributed by atoms with Crippen LogP contribution in [-0.2, 0) is 18.4 Å². The average Bonchev–Trinajstić information content (AvgIpc) is 2.87. The lowest BCUT2D eigenvalue weighted by molar-refractivity contribution is -0.135. The van der Waals surface area contributed by atoms with Crippen molar-refractivity contribution in [1.82, 2.24) is 19.6 Å². The monoisotopic (exact) mass is 356 g/mol. The standard InChI is InChI=1S/C20H28N4O2/c1-15-7-5-6-8-18(15)13-23-9-11-24(12-10-23)19(25)14-26-20-16(2)21-22(4)17(20)3/h5-8H,9-14H2,1-4H3. The van der Waals surface area contributed by atoms with Gasteiger partial charge in [0.25, 0.3) is 5.91 Å². The predicted molar refractivity (Wildman–Crippen MR) is 101 cm³/mol. The second-order valence-electron chi connectivity index (χ2n) is 7.00. The zero-order chi connectivity index (χ0) is 18.7. The first-order chi connectivity index (χ1) is 12.5. The fraction of sp³-hybridized carbons (Fsp3) is 0.500. The van der Waals surface area contributed by atoms with E-state index in [1.54, 1.807) is 4.68 Å². The van der Waals surface area contributed by atoms with Crippen LogP contribution in [-0.4, -0.2) is 58.3 Å². The highest BCUT2D eigenvalue weighted by Gasteiger charge is 2.22. The van der Waals surface area contributed by atoms with Crippen LogP contribution in [0.3, 0.4) is 0 Å². The summed E-state index contributed by atoms with van der Waals surface area (Å²) in [5.41, 5.74) is 4.44. The van der Waals surface area contributed by atoms with Gasteiger partial charge in [0.15, 0.2) is 12.4 Å². The first kappa shape index (κ1) is 18.5. The summed E-state index contributed by atoms with van der Waals surface area (Å²) in [5, 5.41) is 4.32. The Bertz CT molecular complexity index is 776. The van der Waals surface area contributed by atoms with Gasteiger partial charge in [0, 0.05) is 39.8 Å². The molecule has 0 bridgehead atoms. The molecule has 140 valence electrons. The third-order valence-corrected chi connectivity index (χ3v) is 5.16. The largest absolute Gasteiger partial charge is 0.480 e. The van der Waals surface area contributed by atoms with Crippen LogP contribution in [0.2, 0.25) is 0 Å². The minimum Gasteiger partial charge on any atom is -0.480 e. The van der Waals surface area contributed by atoms with Crippen molar-refractivity contribution in [3.63, 3.8) is 0 Å². The minimum atomic E-state index is 0.0446. The van der Waals surface area contributed by atoms with Gasteiger partial charge < -0.3 is 9.64 Å². The van der Waals surface area contributed by atoms with E-state index in [1.807, 2.05) is 25.8 Å². The molecule has 0 N–H and O–H groups in total. The molecule has 2 heterocycles. The van der Waals surface area contributed by atoms with Crippen LogP contribution in [0, 0.1) is 20.8 Å². The number of amides is 1. The van der Waals surface area contributed by atoms with E-state index in [2.05, 4.69) is 41.2 Å². The van der Waals surface area contributed by atoms with Crippen molar-refractivity contribution >= 4 is 5.91 Å². The molecule has 0 atom stereocenters. The van der Waals surface area contributed by atoms with Gasteiger partial charge in [0.05, 0.1) is 5.69 Å². The first-order valence-corrected chi connectivity index (χ1v) is 9.13. The Hall–Kier alpha value is -2.34. The van der Waals surface area contributed by atoms with E-state index in [9.17, 15) is 4.79 Å². The molecule has 0 aliphatic carbocycles.